The van der Waals surface area contributed by atoms with Crippen LogP contribution in [0.3, 0.4) is 0 Å². The number of unbranched alkanes of at least 4 members (excludes halogenated alkanes) is 1. The van der Waals surface area contributed by atoms with Crippen molar-refractivity contribution in [3.8, 4) is 0 Å². The number of carbonyl (C=O) groups excluding carboxylic acids is 3. The lowest BCUT2D eigenvalue weighted by Crippen LogP contribution is -2.36. The highest BCUT2D eigenvalue weighted by Crippen LogP contribution is 2.27. The largest absolute Gasteiger partial charge is 0.444 e. The smallest absolute Gasteiger partial charge is 0.407 e. The second kappa shape index (κ2) is 11.9. The van der Waals surface area contributed by atoms with Gasteiger partial charge in [-0.25, -0.2) is 4.79 Å². The van der Waals surface area contributed by atoms with E-state index in [4.69, 9.17) is 4.74 Å². The van der Waals surface area contributed by atoms with Crippen LogP contribution in [-0.2, 0) is 14.3 Å². The molecule has 0 radical (unpaired) electrons. The Bertz CT molecular complexity index is 440. The van der Waals surface area contributed by atoms with Crippen LogP contribution in [0.4, 0.5) is 4.79 Å². The number of ether oxygens (including phenoxy) is 1. The molecule has 0 aliphatic heterocycles. The summed E-state index contributed by atoms with van der Waals surface area (Å²) in [6, 6.07) is -0.435. The molecule has 1 atom stereocenters. The Morgan fingerprint density at radius 1 is 1.15 bits per heavy atom. The van der Waals surface area contributed by atoms with Gasteiger partial charge in [-0.1, -0.05) is 32.1 Å². The zero-order valence-corrected chi connectivity index (χ0v) is 16.6. The highest BCUT2D eigenvalue weighted by atomic mass is 16.6. The third-order valence-electron chi connectivity index (χ3n) is 4.63. The first kappa shape index (κ1) is 22.5. The molecule has 2 N–H and O–H groups in total. The van der Waals surface area contributed by atoms with Gasteiger partial charge in [-0.05, 0) is 52.4 Å². The minimum absolute atomic E-state index is 0.0282. The third-order valence-corrected chi connectivity index (χ3v) is 4.63. The van der Waals surface area contributed by atoms with E-state index < -0.39 is 17.7 Å². The van der Waals surface area contributed by atoms with Gasteiger partial charge < -0.3 is 20.2 Å². The summed E-state index contributed by atoms with van der Waals surface area (Å²) in [4.78, 5) is 34.7. The Kier molecular flexibility index (Phi) is 10.3. The number of carbonyl (C=O) groups is 3. The molecule has 2 amide bonds. The van der Waals surface area contributed by atoms with Gasteiger partial charge in [0.1, 0.15) is 11.9 Å². The van der Waals surface area contributed by atoms with Crippen LogP contribution < -0.4 is 10.6 Å². The maximum atomic E-state index is 12.0. The van der Waals surface area contributed by atoms with Crippen molar-refractivity contribution >= 4 is 18.3 Å². The Labute approximate surface area is 157 Å². The number of rotatable bonds is 10. The molecule has 26 heavy (non-hydrogen) atoms. The Morgan fingerprint density at radius 3 is 2.46 bits per heavy atom. The maximum absolute atomic E-state index is 12.0. The average Bonchev–Trinajstić information content (AvgIpc) is 2.58. The lowest BCUT2D eigenvalue weighted by molar-refractivity contribution is -0.124. The number of hydrogen-bond donors (Lipinski definition) is 2. The van der Waals surface area contributed by atoms with Crippen molar-refractivity contribution in [1.29, 1.82) is 0 Å². The SMILES string of the molecule is CC(C)(C)OC(=O)NCCCCC(C=O)NC(=O)CCC1CCCCC1. The molecule has 1 fully saturated rings. The van der Waals surface area contributed by atoms with Gasteiger partial charge in [-0.2, -0.15) is 0 Å². The highest BCUT2D eigenvalue weighted by molar-refractivity contribution is 5.79. The molecule has 0 bridgehead atoms. The second-order valence-electron chi connectivity index (χ2n) is 8.28. The third kappa shape index (κ3) is 11.1. The lowest BCUT2D eigenvalue weighted by Gasteiger charge is -2.21. The summed E-state index contributed by atoms with van der Waals surface area (Å²) in [5, 5.41) is 5.51. The van der Waals surface area contributed by atoms with E-state index in [-0.39, 0.29) is 5.91 Å². The molecule has 0 heterocycles. The van der Waals surface area contributed by atoms with Crippen molar-refractivity contribution in [2.24, 2.45) is 5.92 Å². The molecule has 1 aliphatic carbocycles. The Hall–Kier alpha value is -1.59. The quantitative estimate of drug-likeness (QED) is 0.454. The molecule has 6 heteroatoms. The number of amides is 2. The topological polar surface area (TPSA) is 84.5 Å². The van der Waals surface area contributed by atoms with Gasteiger partial charge >= 0.3 is 6.09 Å². The van der Waals surface area contributed by atoms with Gasteiger partial charge in [-0.15, -0.1) is 0 Å². The predicted molar refractivity (Wildman–Crippen MR) is 102 cm³/mol. The van der Waals surface area contributed by atoms with Crippen LogP contribution in [0.15, 0.2) is 0 Å². The van der Waals surface area contributed by atoms with Gasteiger partial charge in [-0.3, -0.25) is 4.79 Å². The van der Waals surface area contributed by atoms with E-state index in [2.05, 4.69) is 10.6 Å². The first-order valence-electron chi connectivity index (χ1n) is 10.0. The van der Waals surface area contributed by atoms with Gasteiger partial charge in [0.25, 0.3) is 0 Å². The molecule has 0 aromatic carbocycles. The van der Waals surface area contributed by atoms with E-state index in [9.17, 15) is 14.4 Å². The van der Waals surface area contributed by atoms with Gasteiger partial charge in [0.15, 0.2) is 0 Å². The van der Waals surface area contributed by atoms with Crippen LogP contribution in [0.2, 0.25) is 0 Å². The second-order valence-corrected chi connectivity index (χ2v) is 8.28. The Morgan fingerprint density at radius 2 is 1.85 bits per heavy atom. The number of aldehydes is 1. The molecular formula is C20H36N2O4. The van der Waals surface area contributed by atoms with Crippen LogP contribution in [0.25, 0.3) is 0 Å². The zero-order valence-electron chi connectivity index (χ0n) is 16.6. The van der Waals surface area contributed by atoms with E-state index >= 15 is 0 Å². The summed E-state index contributed by atoms with van der Waals surface area (Å²) in [6.45, 7) is 5.95. The van der Waals surface area contributed by atoms with E-state index in [1.165, 1.54) is 32.1 Å². The van der Waals surface area contributed by atoms with Crippen molar-refractivity contribution < 1.29 is 19.1 Å². The highest BCUT2D eigenvalue weighted by Gasteiger charge is 2.17. The number of hydrogen-bond acceptors (Lipinski definition) is 4. The van der Waals surface area contributed by atoms with Crippen LogP contribution >= 0.6 is 0 Å². The monoisotopic (exact) mass is 368 g/mol. The first-order chi connectivity index (χ1) is 12.3. The minimum atomic E-state index is -0.505. The van der Waals surface area contributed by atoms with Crippen molar-refractivity contribution in [3.63, 3.8) is 0 Å². The fourth-order valence-corrected chi connectivity index (χ4v) is 3.26. The molecule has 1 aliphatic rings. The van der Waals surface area contributed by atoms with E-state index in [0.29, 0.717) is 25.3 Å². The van der Waals surface area contributed by atoms with Crippen LogP contribution in [0.5, 0.6) is 0 Å². The molecule has 1 rings (SSSR count). The normalized spacial score (nSPS) is 16.6. The maximum Gasteiger partial charge on any atom is 0.407 e. The molecule has 150 valence electrons. The fourth-order valence-electron chi connectivity index (χ4n) is 3.26. The predicted octanol–water partition coefficient (Wildman–Crippen LogP) is 3.73. The molecule has 6 nitrogen and oxygen atoms in total. The van der Waals surface area contributed by atoms with Gasteiger partial charge in [0, 0.05) is 13.0 Å². The summed E-state index contributed by atoms with van der Waals surface area (Å²) < 4.78 is 5.15. The molecule has 1 saturated carbocycles. The summed E-state index contributed by atoms with van der Waals surface area (Å²) in [6.07, 6.45) is 10.2. The van der Waals surface area contributed by atoms with Crippen molar-refractivity contribution in [2.75, 3.05) is 6.54 Å². The van der Waals surface area contributed by atoms with Crippen molar-refractivity contribution in [3.05, 3.63) is 0 Å². The molecule has 1 unspecified atom stereocenters. The van der Waals surface area contributed by atoms with Gasteiger partial charge in [0.05, 0.1) is 6.04 Å². The van der Waals surface area contributed by atoms with E-state index in [1.807, 2.05) is 20.8 Å². The number of alkyl carbamates (subject to hydrolysis) is 1. The molecule has 0 saturated heterocycles. The standard InChI is InChI=1S/C20H36N2O4/c1-20(2,3)26-19(25)21-14-8-7-11-17(15-23)22-18(24)13-12-16-9-5-4-6-10-16/h15-17H,4-14H2,1-3H3,(H,21,25)(H,22,24). The summed E-state index contributed by atoms with van der Waals surface area (Å²) in [5.74, 6) is 0.641. The molecule has 0 aromatic heterocycles. The van der Waals surface area contributed by atoms with Crippen molar-refractivity contribution in [1.82, 2.24) is 10.6 Å². The van der Waals surface area contributed by atoms with Gasteiger partial charge in [0.2, 0.25) is 5.91 Å². The van der Waals surface area contributed by atoms with Crippen LogP contribution in [0, 0.1) is 5.92 Å². The summed E-state index contributed by atoms with van der Waals surface area (Å²) in [7, 11) is 0. The zero-order chi connectivity index (χ0) is 19.4. The van der Waals surface area contributed by atoms with Crippen LogP contribution in [-0.4, -0.2) is 36.5 Å². The van der Waals surface area contributed by atoms with E-state index in [1.54, 1.807) is 0 Å². The Balaban J connectivity index is 2.11. The average molecular weight is 369 g/mol. The minimum Gasteiger partial charge on any atom is -0.444 e. The van der Waals surface area contributed by atoms with E-state index in [0.717, 1.165) is 25.5 Å². The van der Waals surface area contributed by atoms with Crippen molar-refractivity contribution in [2.45, 2.75) is 96.6 Å². The summed E-state index contributed by atoms with van der Waals surface area (Å²) in [5.41, 5.74) is -0.505. The number of nitrogens with one attached hydrogen (secondary N) is 2. The molecule has 0 spiro atoms. The van der Waals surface area contributed by atoms with Crippen LogP contribution in [0.1, 0.15) is 85.0 Å². The molecular weight excluding hydrogens is 332 g/mol. The lowest BCUT2D eigenvalue weighted by atomic mass is 9.86. The summed E-state index contributed by atoms with van der Waals surface area (Å²) >= 11 is 0. The first-order valence-corrected chi connectivity index (χ1v) is 10.0. The fraction of sp³-hybridized carbons (Fsp3) is 0.850. The molecule has 0 aromatic rings.